The van der Waals surface area contributed by atoms with Crippen molar-refractivity contribution >= 4 is 36.6 Å². The zero-order valence-corrected chi connectivity index (χ0v) is 53.1. The summed E-state index contributed by atoms with van der Waals surface area (Å²) in [5.74, 6) is 0. The number of hydrogen-bond acceptors (Lipinski definition) is 21. The second-order valence-corrected chi connectivity index (χ2v) is 23.1. The molecular formula is C71H78N6O21. The molecule has 27 heteroatoms. The summed E-state index contributed by atoms with van der Waals surface area (Å²) in [6.45, 7) is -1.87. The zero-order chi connectivity index (χ0) is 68.4. The molecule has 27 nitrogen and oxygen atoms in total. The van der Waals surface area contributed by atoms with E-state index in [2.05, 4.69) is 31.9 Å². The van der Waals surface area contributed by atoms with Gasteiger partial charge in [0, 0.05) is 0 Å². The molecule has 6 aromatic carbocycles. The molecule has 518 valence electrons. The molecule has 98 heavy (non-hydrogen) atoms. The molecule has 6 amide bonds. The van der Waals surface area contributed by atoms with E-state index in [1.807, 2.05) is 18.2 Å². The largest absolute Gasteiger partial charge is 0.445 e. The third-order valence-corrected chi connectivity index (χ3v) is 15.9. The van der Waals surface area contributed by atoms with Crippen LogP contribution in [-0.4, -0.2) is 163 Å². The fourth-order valence-corrected chi connectivity index (χ4v) is 10.9. The number of alkyl carbamates (subject to hydrolysis) is 6. The van der Waals surface area contributed by atoms with Gasteiger partial charge in [-0.2, -0.15) is 0 Å². The molecule has 0 spiro atoms. The van der Waals surface area contributed by atoms with Crippen molar-refractivity contribution in [3.05, 3.63) is 240 Å². The van der Waals surface area contributed by atoms with Crippen molar-refractivity contribution in [2.45, 2.75) is 138 Å². The van der Waals surface area contributed by atoms with Crippen LogP contribution in [-0.2, 0) is 96.5 Å². The molecule has 0 unspecified atom stereocenters. The Labute approximate surface area is 564 Å². The molecule has 1 saturated carbocycles. The third kappa shape index (κ3) is 21.5. The van der Waals surface area contributed by atoms with Crippen LogP contribution in [0.2, 0.25) is 0 Å². The second kappa shape index (κ2) is 36.4. The Morgan fingerprint density at radius 1 is 0.357 bits per heavy atom. The molecule has 4 aliphatic rings. The minimum Gasteiger partial charge on any atom is -0.445 e. The van der Waals surface area contributed by atoms with Crippen LogP contribution in [0.5, 0.6) is 0 Å². The summed E-state index contributed by atoms with van der Waals surface area (Å²) >= 11 is 0. The smallest absolute Gasteiger partial charge is 0.408 e. The van der Waals surface area contributed by atoms with Gasteiger partial charge < -0.3 is 104 Å². The maximum Gasteiger partial charge on any atom is 0.408 e. The Balaban J connectivity index is 0.929. The van der Waals surface area contributed by atoms with Crippen molar-refractivity contribution in [1.82, 2.24) is 31.9 Å². The van der Waals surface area contributed by atoms with Crippen molar-refractivity contribution in [2.24, 2.45) is 0 Å². The fourth-order valence-electron chi connectivity index (χ4n) is 10.9. The Morgan fingerprint density at radius 2 is 0.673 bits per heavy atom. The number of carbonyl (C=O) groups is 6. The zero-order valence-electron chi connectivity index (χ0n) is 53.1. The average molecular weight is 1350 g/mol. The maximum absolute atomic E-state index is 14.2. The third-order valence-electron chi connectivity index (χ3n) is 15.9. The molecule has 2 fully saturated rings. The van der Waals surface area contributed by atoms with Gasteiger partial charge in [0.2, 0.25) is 0 Å². The lowest BCUT2D eigenvalue weighted by molar-refractivity contribution is -0.282. The molecule has 6 aromatic rings. The van der Waals surface area contributed by atoms with E-state index in [9.17, 15) is 44.1 Å². The van der Waals surface area contributed by atoms with E-state index in [4.69, 9.17) is 56.8 Å². The molecule has 10 rings (SSSR count). The Bertz CT molecular complexity index is 3540. The molecule has 3 aliphatic heterocycles. The van der Waals surface area contributed by atoms with Crippen molar-refractivity contribution in [3.63, 3.8) is 0 Å². The van der Waals surface area contributed by atoms with E-state index in [0.717, 1.165) is 11.1 Å². The van der Waals surface area contributed by atoms with Crippen molar-refractivity contribution in [3.8, 4) is 0 Å². The quantitative estimate of drug-likeness (QED) is 0.0194. The summed E-state index contributed by atoms with van der Waals surface area (Å²) in [5.41, 5.74) is 4.12. The summed E-state index contributed by atoms with van der Waals surface area (Å²) in [4.78, 5) is 81.2. The Kier molecular flexibility index (Phi) is 26.3. The van der Waals surface area contributed by atoms with Crippen LogP contribution in [0, 0.1) is 0 Å². The number of rotatable bonds is 27. The first-order valence-electron chi connectivity index (χ1n) is 31.8. The van der Waals surface area contributed by atoms with Crippen molar-refractivity contribution in [1.29, 1.82) is 0 Å². The average Bonchev–Trinajstić information content (AvgIpc) is 1.42. The topological polar surface area (TPSA) is 346 Å². The number of carbonyl (C=O) groups excluding carboxylic acids is 6. The molecule has 1 aliphatic carbocycles. The lowest BCUT2D eigenvalue weighted by Gasteiger charge is -2.47. The Morgan fingerprint density at radius 3 is 1.03 bits per heavy atom. The van der Waals surface area contributed by atoms with Gasteiger partial charge in [-0.25, -0.2) is 28.8 Å². The van der Waals surface area contributed by atoms with Crippen LogP contribution in [0.15, 0.2) is 206 Å². The maximum atomic E-state index is 14.2. The standard InChI is InChI=1S/C71H78N6O21/c78-38-57-61(97-64-54(75-69(84)90-42-48-25-13-4-14-26-48)34-32-52(94-64)37-73-67(82)88-40-46-21-9-2-10-22-46)59(80)65(95-57)98-62-58(79)55(76-70(85)91-43-49-27-15-5-16-28-49)35-56(77-71(86)92-44-50-29-17-6-18-30-50)60(62)96-63-53(74-68(83)89-41-47-23-11-3-12-24-47)33-31-51(93-63)36-72-66(81)87-39-45-19-7-1-8-20-45/h1-34,51-65,78-80H,35-44H2,(H,72,81)(H,73,82)(H,74,83)(H,75,84)(H,76,85)(H,77,86)/t51-,52+,53+,54+,55+,56-,57+,58-,59+,60+,61+,62+,63+,64+,65-/m0/s1. The molecule has 0 aromatic heterocycles. The molecular weight excluding hydrogens is 1270 g/mol. The molecule has 15 atom stereocenters. The van der Waals surface area contributed by atoms with Gasteiger partial charge >= 0.3 is 36.6 Å². The number of hydrogen-bond donors (Lipinski definition) is 9. The monoisotopic (exact) mass is 1350 g/mol. The number of aliphatic hydroxyl groups is 3. The summed E-state index contributed by atoms with van der Waals surface area (Å²) in [7, 11) is 0. The van der Waals surface area contributed by atoms with Gasteiger partial charge in [0.05, 0.1) is 44.0 Å². The van der Waals surface area contributed by atoms with Crippen molar-refractivity contribution in [2.75, 3.05) is 19.7 Å². The SMILES string of the molecule is O=C(NC[C@H]1C=C[C@@H](NC(=O)OCc2ccccc2)[C@@H](O[C@H]2[C@@H](O)[C@H](O[C@@H]3[C@@H](O)[C@H](NC(=O)OCc4ccccc4)C[C@H](NC(=O)OCc4ccccc4)[C@H]3O[C@H]3O[C@H](CNC(=O)OCc4ccccc4)C=C[C@H]3NC(=O)OCc3ccccc3)O[C@@H]2CO)O1)OCc1ccccc1. The van der Waals surface area contributed by atoms with Gasteiger partial charge in [0.25, 0.3) is 0 Å². The number of benzene rings is 6. The normalized spacial score (nSPS) is 25.5. The van der Waals surface area contributed by atoms with Crippen LogP contribution in [0.1, 0.15) is 39.8 Å². The molecule has 0 radical (unpaired) electrons. The minimum atomic E-state index is -1.91. The van der Waals surface area contributed by atoms with Crippen LogP contribution in [0.25, 0.3) is 0 Å². The minimum absolute atomic E-state index is 0.0207. The number of aliphatic hydroxyl groups excluding tert-OH is 3. The number of ether oxygens (including phenoxy) is 12. The molecule has 3 heterocycles. The summed E-state index contributed by atoms with van der Waals surface area (Å²) in [6.07, 6.45) is -16.7. The molecule has 1 saturated heterocycles. The van der Waals surface area contributed by atoms with Crippen LogP contribution >= 0.6 is 0 Å². The highest BCUT2D eigenvalue weighted by atomic mass is 16.8. The molecule has 0 bridgehead atoms. The molecule has 9 N–H and O–H groups in total. The highest BCUT2D eigenvalue weighted by Crippen LogP contribution is 2.35. The number of nitrogens with one attached hydrogen (secondary N) is 6. The van der Waals surface area contributed by atoms with Crippen LogP contribution in [0.4, 0.5) is 28.8 Å². The first-order chi connectivity index (χ1) is 47.8. The second-order valence-electron chi connectivity index (χ2n) is 23.1. The highest BCUT2D eigenvalue weighted by Gasteiger charge is 2.54. The van der Waals surface area contributed by atoms with E-state index in [1.165, 1.54) is 12.2 Å². The predicted molar refractivity (Wildman–Crippen MR) is 346 cm³/mol. The van der Waals surface area contributed by atoms with Gasteiger partial charge in [-0.1, -0.05) is 206 Å². The summed E-state index contributed by atoms with van der Waals surface area (Å²) in [5, 5.41) is 52.5. The van der Waals surface area contributed by atoms with E-state index >= 15 is 0 Å². The lowest BCUT2D eigenvalue weighted by Crippen LogP contribution is -2.68. The first kappa shape index (κ1) is 70.8. The van der Waals surface area contributed by atoms with Gasteiger partial charge in [0.15, 0.2) is 18.9 Å². The number of amides is 6. The van der Waals surface area contributed by atoms with Gasteiger partial charge in [-0.3, -0.25) is 0 Å². The van der Waals surface area contributed by atoms with Crippen LogP contribution < -0.4 is 31.9 Å². The van der Waals surface area contributed by atoms with Crippen molar-refractivity contribution < 1.29 is 101 Å². The van der Waals surface area contributed by atoms with Crippen LogP contribution in [0.3, 0.4) is 0 Å². The van der Waals surface area contributed by atoms with Gasteiger partial charge in [-0.05, 0) is 39.8 Å². The van der Waals surface area contributed by atoms with E-state index in [1.54, 1.807) is 176 Å². The summed E-state index contributed by atoms with van der Waals surface area (Å²) in [6, 6.07) is 48.3. The summed E-state index contributed by atoms with van der Waals surface area (Å²) < 4.78 is 72.4. The van der Waals surface area contributed by atoms with Gasteiger partial charge in [-0.15, -0.1) is 0 Å². The van der Waals surface area contributed by atoms with E-state index in [-0.39, 0.29) is 59.2 Å². The fraction of sp³-hybridized carbons (Fsp3) is 0.352. The van der Waals surface area contributed by atoms with Gasteiger partial charge in [0.1, 0.15) is 88.3 Å². The Hall–Kier alpha value is -9.94. The predicted octanol–water partition coefficient (Wildman–Crippen LogP) is 6.58. The lowest BCUT2D eigenvalue weighted by atomic mass is 9.83. The van der Waals surface area contributed by atoms with E-state index < -0.39 is 135 Å². The highest BCUT2D eigenvalue weighted by molar-refractivity contribution is 5.70. The first-order valence-corrected chi connectivity index (χ1v) is 31.8. The van der Waals surface area contributed by atoms with E-state index in [0.29, 0.717) is 22.3 Å².